The molecule has 1 aromatic heterocycles. The van der Waals surface area contributed by atoms with E-state index in [4.69, 9.17) is 0 Å². The van der Waals surface area contributed by atoms with Crippen molar-refractivity contribution in [3.05, 3.63) is 11.3 Å². The largest absolute Gasteiger partial charge is 0.369 e. The van der Waals surface area contributed by atoms with E-state index >= 15 is 0 Å². The summed E-state index contributed by atoms with van der Waals surface area (Å²) in [7, 11) is 0. The SMILES string of the molecule is CCNc1nnnc(CC)c1CC. The summed E-state index contributed by atoms with van der Waals surface area (Å²) < 4.78 is 0. The van der Waals surface area contributed by atoms with Gasteiger partial charge in [0.25, 0.3) is 0 Å². The second-order valence-corrected chi connectivity index (χ2v) is 2.80. The standard InChI is InChI=1S/C9H16N4/c1-4-7-8(5-2)11-13-12-9(7)10-6-3/h4-6H2,1-3H3,(H,10,11,12). The Bertz CT molecular complexity index is 272. The van der Waals surface area contributed by atoms with Gasteiger partial charge in [0, 0.05) is 12.1 Å². The van der Waals surface area contributed by atoms with Gasteiger partial charge in [-0.2, -0.15) is 0 Å². The zero-order chi connectivity index (χ0) is 9.68. The van der Waals surface area contributed by atoms with E-state index in [1.807, 2.05) is 6.92 Å². The molecule has 0 fully saturated rings. The average molecular weight is 180 g/mol. The van der Waals surface area contributed by atoms with Crippen molar-refractivity contribution in [2.24, 2.45) is 0 Å². The number of rotatable bonds is 4. The van der Waals surface area contributed by atoms with Gasteiger partial charge in [-0.3, -0.25) is 0 Å². The average Bonchev–Trinajstić information content (AvgIpc) is 2.18. The van der Waals surface area contributed by atoms with Crippen molar-refractivity contribution in [3.63, 3.8) is 0 Å². The van der Waals surface area contributed by atoms with Crippen LogP contribution in [0.1, 0.15) is 32.0 Å². The van der Waals surface area contributed by atoms with E-state index in [0.29, 0.717) is 0 Å². The van der Waals surface area contributed by atoms with Gasteiger partial charge in [-0.1, -0.05) is 13.8 Å². The lowest BCUT2D eigenvalue weighted by Gasteiger charge is -2.08. The number of aryl methyl sites for hydroxylation is 1. The minimum absolute atomic E-state index is 0.870. The summed E-state index contributed by atoms with van der Waals surface area (Å²) in [5.41, 5.74) is 2.24. The third-order valence-corrected chi connectivity index (χ3v) is 1.98. The van der Waals surface area contributed by atoms with Gasteiger partial charge in [0.05, 0.1) is 5.69 Å². The van der Waals surface area contributed by atoms with E-state index in [9.17, 15) is 0 Å². The molecule has 0 aliphatic heterocycles. The van der Waals surface area contributed by atoms with Crippen molar-refractivity contribution in [1.82, 2.24) is 15.4 Å². The Morgan fingerprint density at radius 3 is 2.38 bits per heavy atom. The van der Waals surface area contributed by atoms with Gasteiger partial charge in [-0.05, 0) is 25.0 Å². The number of nitrogens with one attached hydrogen (secondary N) is 1. The van der Waals surface area contributed by atoms with Gasteiger partial charge in [0.2, 0.25) is 0 Å². The first-order chi connectivity index (χ1) is 6.33. The molecule has 0 unspecified atom stereocenters. The molecular weight excluding hydrogens is 164 g/mol. The highest BCUT2D eigenvalue weighted by Gasteiger charge is 2.07. The molecule has 1 heterocycles. The highest BCUT2D eigenvalue weighted by Crippen LogP contribution is 2.14. The van der Waals surface area contributed by atoms with Crippen LogP contribution < -0.4 is 5.32 Å². The molecule has 0 aliphatic carbocycles. The Hall–Kier alpha value is -1.19. The molecule has 0 spiro atoms. The van der Waals surface area contributed by atoms with Crippen LogP contribution in [0.25, 0.3) is 0 Å². The molecule has 4 heteroatoms. The third kappa shape index (κ3) is 2.14. The van der Waals surface area contributed by atoms with Crippen molar-refractivity contribution < 1.29 is 0 Å². The normalized spacial score (nSPS) is 10.1. The van der Waals surface area contributed by atoms with E-state index in [-0.39, 0.29) is 0 Å². The molecule has 0 saturated carbocycles. The Labute approximate surface area is 78.8 Å². The first-order valence-electron chi connectivity index (χ1n) is 4.78. The summed E-state index contributed by atoms with van der Waals surface area (Å²) in [4.78, 5) is 0. The van der Waals surface area contributed by atoms with Gasteiger partial charge in [0.1, 0.15) is 0 Å². The van der Waals surface area contributed by atoms with E-state index in [1.165, 1.54) is 5.56 Å². The summed E-state index contributed by atoms with van der Waals surface area (Å²) in [6, 6.07) is 0. The summed E-state index contributed by atoms with van der Waals surface area (Å²) >= 11 is 0. The van der Waals surface area contributed by atoms with Crippen LogP contribution in [-0.2, 0) is 12.8 Å². The van der Waals surface area contributed by atoms with Crippen LogP contribution in [0.15, 0.2) is 0 Å². The van der Waals surface area contributed by atoms with E-state index in [0.717, 1.165) is 30.9 Å². The van der Waals surface area contributed by atoms with Crippen LogP contribution in [0.4, 0.5) is 5.82 Å². The van der Waals surface area contributed by atoms with Gasteiger partial charge in [-0.15, -0.1) is 10.2 Å². The fraction of sp³-hybridized carbons (Fsp3) is 0.667. The molecule has 13 heavy (non-hydrogen) atoms. The molecule has 1 N–H and O–H groups in total. The maximum Gasteiger partial charge on any atom is 0.155 e. The summed E-state index contributed by atoms with van der Waals surface area (Å²) in [6.45, 7) is 7.11. The minimum atomic E-state index is 0.870. The Kier molecular flexibility index (Phi) is 3.61. The van der Waals surface area contributed by atoms with Crippen molar-refractivity contribution in [3.8, 4) is 0 Å². The van der Waals surface area contributed by atoms with Gasteiger partial charge < -0.3 is 5.32 Å². The lowest BCUT2D eigenvalue weighted by atomic mass is 10.1. The molecule has 0 aliphatic rings. The monoisotopic (exact) mass is 180 g/mol. The van der Waals surface area contributed by atoms with Crippen molar-refractivity contribution in [1.29, 1.82) is 0 Å². The van der Waals surface area contributed by atoms with Crippen LogP contribution in [0.2, 0.25) is 0 Å². The van der Waals surface area contributed by atoms with Crippen molar-refractivity contribution in [2.75, 3.05) is 11.9 Å². The predicted octanol–water partition coefficient (Wildman–Crippen LogP) is 1.43. The highest BCUT2D eigenvalue weighted by molar-refractivity contribution is 5.44. The van der Waals surface area contributed by atoms with Crippen LogP contribution in [0, 0.1) is 0 Å². The topological polar surface area (TPSA) is 50.7 Å². The van der Waals surface area contributed by atoms with E-state index in [1.54, 1.807) is 0 Å². The minimum Gasteiger partial charge on any atom is -0.369 e. The fourth-order valence-corrected chi connectivity index (χ4v) is 1.34. The smallest absolute Gasteiger partial charge is 0.155 e. The third-order valence-electron chi connectivity index (χ3n) is 1.98. The number of anilines is 1. The second kappa shape index (κ2) is 4.74. The zero-order valence-corrected chi connectivity index (χ0v) is 8.46. The zero-order valence-electron chi connectivity index (χ0n) is 8.46. The molecule has 0 atom stereocenters. The van der Waals surface area contributed by atoms with Crippen LogP contribution in [0.3, 0.4) is 0 Å². The molecule has 0 radical (unpaired) electrons. The fourth-order valence-electron chi connectivity index (χ4n) is 1.34. The predicted molar refractivity (Wildman–Crippen MR) is 52.7 cm³/mol. The molecule has 0 saturated heterocycles. The van der Waals surface area contributed by atoms with Gasteiger partial charge >= 0.3 is 0 Å². The summed E-state index contributed by atoms with van der Waals surface area (Å²) in [5, 5.41) is 14.9. The molecule has 1 aromatic rings. The number of aromatic nitrogens is 3. The van der Waals surface area contributed by atoms with Crippen LogP contribution >= 0.6 is 0 Å². The maximum absolute atomic E-state index is 4.01. The first-order valence-corrected chi connectivity index (χ1v) is 4.78. The lowest BCUT2D eigenvalue weighted by Crippen LogP contribution is -2.09. The summed E-state index contributed by atoms with van der Waals surface area (Å²) in [5.74, 6) is 0.886. The molecule has 0 amide bonds. The molecule has 4 nitrogen and oxygen atoms in total. The highest BCUT2D eigenvalue weighted by atomic mass is 15.3. The first kappa shape index (κ1) is 9.89. The second-order valence-electron chi connectivity index (χ2n) is 2.80. The van der Waals surface area contributed by atoms with E-state index < -0.39 is 0 Å². The molecule has 0 bridgehead atoms. The Morgan fingerprint density at radius 2 is 1.85 bits per heavy atom. The number of nitrogens with zero attached hydrogens (tertiary/aromatic N) is 3. The maximum atomic E-state index is 4.01. The molecule has 1 rings (SSSR count). The molecule has 0 aromatic carbocycles. The number of hydrogen-bond donors (Lipinski definition) is 1. The lowest BCUT2D eigenvalue weighted by molar-refractivity contribution is 0.787. The molecule has 72 valence electrons. The number of hydrogen-bond acceptors (Lipinski definition) is 4. The van der Waals surface area contributed by atoms with Gasteiger partial charge in [0.15, 0.2) is 5.82 Å². The van der Waals surface area contributed by atoms with Crippen LogP contribution in [0.5, 0.6) is 0 Å². The van der Waals surface area contributed by atoms with Crippen LogP contribution in [-0.4, -0.2) is 22.0 Å². The van der Waals surface area contributed by atoms with Crippen molar-refractivity contribution in [2.45, 2.75) is 33.6 Å². The molecular formula is C9H16N4. The summed E-state index contributed by atoms with van der Waals surface area (Å²) in [6.07, 6.45) is 1.87. The van der Waals surface area contributed by atoms with Crippen molar-refractivity contribution >= 4 is 5.82 Å². The van der Waals surface area contributed by atoms with E-state index in [2.05, 4.69) is 34.6 Å². The van der Waals surface area contributed by atoms with Gasteiger partial charge in [-0.25, -0.2) is 0 Å². The Morgan fingerprint density at radius 1 is 1.08 bits per heavy atom. The quantitative estimate of drug-likeness (QED) is 0.761. The Balaban J connectivity index is 3.03.